The van der Waals surface area contributed by atoms with E-state index in [1.54, 1.807) is 6.20 Å². The maximum absolute atomic E-state index is 5.87. The molecule has 2 atom stereocenters. The third kappa shape index (κ3) is 2.13. The molecule has 1 saturated heterocycles. The molecule has 0 bridgehead atoms. The van der Waals surface area contributed by atoms with Crippen molar-refractivity contribution in [1.82, 2.24) is 10.1 Å². The summed E-state index contributed by atoms with van der Waals surface area (Å²) in [6.07, 6.45) is 2.89. The highest BCUT2D eigenvalue weighted by Gasteiger charge is 2.25. The average Bonchev–Trinajstić information content (AvgIpc) is 2.75. The highest BCUT2D eigenvalue weighted by atomic mass is 16.5. The van der Waals surface area contributed by atoms with E-state index in [2.05, 4.69) is 17.0 Å². The molecule has 1 fully saturated rings. The molecular weight excluding hydrogens is 178 g/mol. The normalized spacial score (nSPS) is 25.4. The molecule has 0 aliphatic carbocycles. The zero-order chi connectivity index (χ0) is 9.97. The van der Waals surface area contributed by atoms with E-state index in [4.69, 9.17) is 10.3 Å². The number of nitrogens with two attached hydrogens (primary N) is 1. The summed E-state index contributed by atoms with van der Waals surface area (Å²) in [5.41, 5.74) is 5.87. The zero-order valence-corrected chi connectivity index (χ0v) is 8.52. The molecule has 0 aromatic carbocycles. The van der Waals surface area contributed by atoms with Crippen molar-refractivity contribution in [2.24, 2.45) is 11.7 Å². The Labute approximate surface area is 84.0 Å². The minimum absolute atomic E-state index is 0.301. The molecule has 0 radical (unpaired) electrons. The van der Waals surface area contributed by atoms with Crippen LogP contribution in [-0.2, 0) is 6.54 Å². The maximum Gasteiger partial charge on any atom is 0.150 e. The smallest absolute Gasteiger partial charge is 0.150 e. The predicted molar refractivity (Wildman–Crippen MR) is 53.5 cm³/mol. The lowest BCUT2D eigenvalue weighted by Crippen LogP contribution is -2.29. The fourth-order valence-corrected chi connectivity index (χ4v) is 1.98. The molecule has 2 heterocycles. The van der Waals surface area contributed by atoms with Gasteiger partial charge in [0.05, 0.1) is 12.7 Å². The van der Waals surface area contributed by atoms with Gasteiger partial charge in [0.25, 0.3) is 0 Å². The molecule has 78 valence electrons. The highest BCUT2D eigenvalue weighted by molar-refractivity contribution is 4.94. The fraction of sp³-hybridized carbons (Fsp3) is 0.700. The zero-order valence-electron chi connectivity index (χ0n) is 8.52. The lowest BCUT2D eigenvalue weighted by Gasteiger charge is -2.16. The van der Waals surface area contributed by atoms with Crippen LogP contribution in [0.15, 0.2) is 16.8 Å². The van der Waals surface area contributed by atoms with Gasteiger partial charge in [0.2, 0.25) is 0 Å². The second-order valence-corrected chi connectivity index (χ2v) is 4.12. The maximum atomic E-state index is 5.87. The number of hydrogen-bond donors (Lipinski definition) is 1. The second-order valence-electron chi connectivity index (χ2n) is 4.12. The SMILES string of the molecule is CC(N)C1CCN(Cc2ccno2)C1. The molecule has 1 aliphatic heterocycles. The first-order valence-electron chi connectivity index (χ1n) is 5.13. The van der Waals surface area contributed by atoms with Crippen LogP contribution in [0.5, 0.6) is 0 Å². The summed E-state index contributed by atoms with van der Waals surface area (Å²) in [6.45, 7) is 5.15. The van der Waals surface area contributed by atoms with E-state index in [0.29, 0.717) is 12.0 Å². The van der Waals surface area contributed by atoms with Gasteiger partial charge in [-0.1, -0.05) is 5.16 Å². The van der Waals surface area contributed by atoms with Gasteiger partial charge in [0.1, 0.15) is 0 Å². The van der Waals surface area contributed by atoms with Gasteiger partial charge in [0, 0.05) is 18.7 Å². The van der Waals surface area contributed by atoms with Crippen LogP contribution >= 0.6 is 0 Å². The van der Waals surface area contributed by atoms with E-state index in [-0.39, 0.29) is 0 Å². The highest BCUT2D eigenvalue weighted by Crippen LogP contribution is 2.20. The number of aromatic nitrogens is 1. The summed E-state index contributed by atoms with van der Waals surface area (Å²) in [7, 11) is 0. The summed E-state index contributed by atoms with van der Waals surface area (Å²) in [4.78, 5) is 2.37. The molecule has 4 nitrogen and oxygen atoms in total. The Balaban J connectivity index is 1.84. The first kappa shape index (κ1) is 9.68. The summed E-state index contributed by atoms with van der Waals surface area (Å²) in [6, 6.07) is 2.22. The quantitative estimate of drug-likeness (QED) is 0.776. The van der Waals surface area contributed by atoms with E-state index in [0.717, 1.165) is 25.4 Å². The van der Waals surface area contributed by atoms with E-state index in [1.165, 1.54) is 6.42 Å². The van der Waals surface area contributed by atoms with Crippen molar-refractivity contribution in [3.8, 4) is 0 Å². The molecule has 14 heavy (non-hydrogen) atoms. The molecular formula is C10H17N3O. The van der Waals surface area contributed by atoms with Gasteiger partial charge >= 0.3 is 0 Å². The van der Waals surface area contributed by atoms with E-state index < -0.39 is 0 Å². The average molecular weight is 195 g/mol. The van der Waals surface area contributed by atoms with Crippen LogP contribution in [0.2, 0.25) is 0 Å². The second kappa shape index (κ2) is 4.11. The van der Waals surface area contributed by atoms with E-state index >= 15 is 0 Å². The van der Waals surface area contributed by atoms with Crippen LogP contribution in [0, 0.1) is 5.92 Å². The molecule has 4 heteroatoms. The van der Waals surface area contributed by atoms with Crippen molar-refractivity contribution >= 4 is 0 Å². The topological polar surface area (TPSA) is 55.3 Å². The third-order valence-electron chi connectivity index (χ3n) is 2.92. The number of nitrogens with zero attached hydrogens (tertiary/aromatic N) is 2. The van der Waals surface area contributed by atoms with Gasteiger partial charge in [-0.3, -0.25) is 4.90 Å². The predicted octanol–water partition coefficient (Wildman–Crippen LogP) is 0.844. The summed E-state index contributed by atoms with van der Waals surface area (Å²) < 4.78 is 5.07. The first-order chi connectivity index (χ1) is 6.75. The van der Waals surface area contributed by atoms with Crippen LogP contribution in [0.25, 0.3) is 0 Å². The van der Waals surface area contributed by atoms with Crippen LogP contribution in [-0.4, -0.2) is 29.2 Å². The van der Waals surface area contributed by atoms with Crippen molar-refractivity contribution in [2.75, 3.05) is 13.1 Å². The molecule has 1 aromatic heterocycles. The largest absolute Gasteiger partial charge is 0.360 e. The van der Waals surface area contributed by atoms with Gasteiger partial charge in [-0.15, -0.1) is 0 Å². The number of likely N-dealkylation sites (tertiary alicyclic amines) is 1. The lowest BCUT2D eigenvalue weighted by molar-refractivity contribution is 0.262. The Bertz CT molecular complexity index is 271. The van der Waals surface area contributed by atoms with Crippen LogP contribution in [0.3, 0.4) is 0 Å². The Hall–Kier alpha value is -0.870. The minimum Gasteiger partial charge on any atom is -0.360 e. The van der Waals surface area contributed by atoms with Crippen LogP contribution in [0.1, 0.15) is 19.1 Å². The monoisotopic (exact) mass is 195 g/mol. The summed E-state index contributed by atoms with van der Waals surface area (Å²) >= 11 is 0. The van der Waals surface area contributed by atoms with E-state index in [9.17, 15) is 0 Å². The molecule has 0 spiro atoms. The molecule has 2 N–H and O–H groups in total. The molecule has 2 rings (SSSR count). The summed E-state index contributed by atoms with van der Waals surface area (Å²) in [5, 5.41) is 3.69. The van der Waals surface area contributed by atoms with Crippen molar-refractivity contribution in [1.29, 1.82) is 0 Å². The summed E-state index contributed by atoms with van der Waals surface area (Å²) in [5.74, 6) is 1.58. The molecule has 1 aliphatic rings. The molecule has 1 aromatic rings. The van der Waals surface area contributed by atoms with Gasteiger partial charge in [-0.25, -0.2) is 0 Å². The van der Waals surface area contributed by atoms with E-state index in [1.807, 2.05) is 6.07 Å². The fourth-order valence-electron chi connectivity index (χ4n) is 1.98. The van der Waals surface area contributed by atoms with Crippen molar-refractivity contribution in [3.63, 3.8) is 0 Å². The Kier molecular flexibility index (Phi) is 2.84. The van der Waals surface area contributed by atoms with Crippen LogP contribution in [0.4, 0.5) is 0 Å². The van der Waals surface area contributed by atoms with Gasteiger partial charge < -0.3 is 10.3 Å². The number of hydrogen-bond acceptors (Lipinski definition) is 4. The lowest BCUT2D eigenvalue weighted by atomic mass is 10.0. The van der Waals surface area contributed by atoms with Crippen LogP contribution < -0.4 is 5.73 Å². The molecule has 2 unspecified atom stereocenters. The standard InChI is InChI=1S/C10H17N3O/c1-8(11)9-3-5-13(6-9)7-10-2-4-12-14-10/h2,4,8-9H,3,5-7,11H2,1H3. The van der Waals surface area contributed by atoms with Crippen molar-refractivity contribution in [3.05, 3.63) is 18.0 Å². The third-order valence-corrected chi connectivity index (χ3v) is 2.92. The Morgan fingerprint density at radius 2 is 2.64 bits per heavy atom. The van der Waals surface area contributed by atoms with Crippen molar-refractivity contribution in [2.45, 2.75) is 25.9 Å². The van der Waals surface area contributed by atoms with Gasteiger partial charge in [0.15, 0.2) is 5.76 Å². The Morgan fingerprint density at radius 1 is 1.79 bits per heavy atom. The molecule has 0 saturated carbocycles. The molecule has 0 amide bonds. The van der Waals surface area contributed by atoms with Crippen molar-refractivity contribution < 1.29 is 4.52 Å². The number of rotatable bonds is 3. The Morgan fingerprint density at radius 3 is 3.21 bits per heavy atom. The minimum atomic E-state index is 0.301. The van der Waals surface area contributed by atoms with Gasteiger partial charge in [-0.05, 0) is 25.8 Å². The van der Waals surface area contributed by atoms with Gasteiger partial charge in [-0.2, -0.15) is 0 Å². The first-order valence-corrected chi connectivity index (χ1v) is 5.13.